The lowest BCUT2D eigenvalue weighted by Gasteiger charge is -2.00. The van der Waals surface area contributed by atoms with Gasteiger partial charge in [0.1, 0.15) is 0 Å². The molecule has 0 spiro atoms. The lowest BCUT2D eigenvalue weighted by atomic mass is 10.2. The van der Waals surface area contributed by atoms with Crippen LogP contribution in [0.5, 0.6) is 0 Å². The lowest BCUT2D eigenvalue weighted by molar-refractivity contribution is 0.0520. The van der Waals surface area contributed by atoms with E-state index in [0.717, 1.165) is 10.4 Å². The van der Waals surface area contributed by atoms with E-state index in [1.165, 1.54) is 17.7 Å². The van der Waals surface area contributed by atoms with Crippen LogP contribution in [0.3, 0.4) is 0 Å². The number of ether oxygens (including phenoxy) is 1. The first-order valence-electron chi connectivity index (χ1n) is 7.99. The van der Waals surface area contributed by atoms with Crippen molar-refractivity contribution in [2.24, 2.45) is 0 Å². The molecule has 0 atom stereocenters. The van der Waals surface area contributed by atoms with Crippen LogP contribution in [0.4, 0.5) is 0 Å². The van der Waals surface area contributed by atoms with E-state index in [0.29, 0.717) is 17.3 Å². The number of esters is 1. The number of aromatic nitrogens is 2. The topological polar surface area (TPSA) is 78.4 Å². The highest BCUT2D eigenvalue weighted by Crippen LogP contribution is 2.39. The van der Waals surface area contributed by atoms with E-state index in [2.05, 4.69) is 9.97 Å². The van der Waals surface area contributed by atoms with Gasteiger partial charge in [0.25, 0.3) is 0 Å². The second-order valence-electron chi connectivity index (χ2n) is 5.29. The van der Waals surface area contributed by atoms with Gasteiger partial charge in [0.05, 0.1) is 11.5 Å². The Bertz CT molecular complexity index is 1020. The van der Waals surface area contributed by atoms with Gasteiger partial charge in [-0.25, -0.2) is 14.8 Å². The third kappa shape index (κ3) is 2.93. The van der Waals surface area contributed by atoms with Crippen LogP contribution in [0, 0.1) is 0 Å². The minimum atomic E-state index is -0.558. The number of thiophene rings is 1. The normalized spacial score (nSPS) is 10.8. The summed E-state index contributed by atoms with van der Waals surface area (Å²) in [5, 5.41) is 1.94. The van der Waals surface area contributed by atoms with Crippen LogP contribution in [0.1, 0.15) is 17.4 Å². The molecular weight excluding hydrogens is 352 g/mol. The SMILES string of the molecule is CCOC(=O)c1ncoc1-c1nc(-c2ccccc2)oc1-c1cccs1. The van der Waals surface area contributed by atoms with Crippen LogP contribution in [0.25, 0.3) is 33.5 Å². The van der Waals surface area contributed by atoms with Gasteiger partial charge in [-0.15, -0.1) is 11.3 Å². The van der Waals surface area contributed by atoms with Gasteiger partial charge in [0.15, 0.2) is 29.3 Å². The van der Waals surface area contributed by atoms with Gasteiger partial charge in [-0.2, -0.15) is 0 Å². The van der Waals surface area contributed by atoms with Gasteiger partial charge in [0, 0.05) is 5.56 Å². The molecule has 0 bridgehead atoms. The van der Waals surface area contributed by atoms with Crippen molar-refractivity contribution in [2.75, 3.05) is 6.61 Å². The minimum Gasteiger partial charge on any atom is -0.461 e. The van der Waals surface area contributed by atoms with Crippen molar-refractivity contribution in [1.29, 1.82) is 0 Å². The van der Waals surface area contributed by atoms with Gasteiger partial charge >= 0.3 is 5.97 Å². The molecule has 0 radical (unpaired) electrons. The highest BCUT2D eigenvalue weighted by Gasteiger charge is 2.27. The molecule has 0 fully saturated rings. The van der Waals surface area contributed by atoms with Crippen LogP contribution in [-0.2, 0) is 4.74 Å². The number of rotatable bonds is 5. The van der Waals surface area contributed by atoms with E-state index in [-0.39, 0.29) is 18.1 Å². The van der Waals surface area contributed by atoms with Crippen molar-refractivity contribution in [3.63, 3.8) is 0 Å². The predicted molar refractivity (Wildman–Crippen MR) is 96.7 cm³/mol. The van der Waals surface area contributed by atoms with Crippen molar-refractivity contribution in [3.8, 4) is 33.5 Å². The number of hydrogen-bond acceptors (Lipinski definition) is 7. The monoisotopic (exact) mass is 366 g/mol. The van der Waals surface area contributed by atoms with Gasteiger partial charge in [-0.1, -0.05) is 24.3 Å². The molecule has 0 saturated carbocycles. The molecule has 0 N–H and O–H groups in total. The van der Waals surface area contributed by atoms with Crippen molar-refractivity contribution in [1.82, 2.24) is 9.97 Å². The molecule has 0 saturated heterocycles. The molecule has 1 aromatic carbocycles. The van der Waals surface area contributed by atoms with E-state index >= 15 is 0 Å². The number of nitrogens with zero attached hydrogens (tertiary/aromatic N) is 2. The maximum absolute atomic E-state index is 12.2. The minimum absolute atomic E-state index is 0.0811. The number of hydrogen-bond donors (Lipinski definition) is 0. The molecule has 0 amide bonds. The van der Waals surface area contributed by atoms with Crippen LogP contribution in [0.2, 0.25) is 0 Å². The second-order valence-corrected chi connectivity index (χ2v) is 6.24. The second kappa shape index (κ2) is 6.97. The third-order valence-electron chi connectivity index (χ3n) is 3.64. The summed E-state index contributed by atoms with van der Waals surface area (Å²) in [7, 11) is 0. The Hall–Kier alpha value is -3.19. The third-order valence-corrected chi connectivity index (χ3v) is 4.51. The first-order valence-corrected chi connectivity index (χ1v) is 8.87. The summed E-state index contributed by atoms with van der Waals surface area (Å²) in [4.78, 5) is 21.6. The zero-order chi connectivity index (χ0) is 17.9. The number of benzene rings is 1. The Kier molecular flexibility index (Phi) is 4.37. The molecule has 130 valence electrons. The molecule has 4 rings (SSSR count). The summed E-state index contributed by atoms with van der Waals surface area (Å²) in [6, 6.07) is 13.4. The first-order chi connectivity index (χ1) is 12.8. The summed E-state index contributed by atoms with van der Waals surface area (Å²) in [5.74, 6) is 0.645. The molecule has 3 heterocycles. The molecular formula is C19H14N2O4S. The maximum Gasteiger partial charge on any atom is 0.361 e. The standard InChI is InChI=1S/C19H14N2O4S/c1-2-23-19(22)15-17(24-11-20-15)14-16(13-9-6-10-26-13)25-18(21-14)12-7-4-3-5-8-12/h3-11H,2H2,1H3. The molecule has 7 heteroatoms. The Morgan fingerprint density at radius 2 is 2.00 bits per heavy atom. The van der Waals surface area contributed by atoms with Crippen molar-refractivity contribution >= 4 is 17.3 Å². The fraction of sp³-hybridized carbons (Fsp3) is 0.105. The van der Waals surface area contributed by atoms with Crippen molar-refractivity contribution in [3.05, 3.63) is 59.9 Å². The summed E-state index contributed by atoms with van der Waals surface area (Å²) in [5.41, 5.74) is 1.33. The average Bonchev–Trinajstić information content (AvgIpc) is 3.40. The lowest BCUT2D eigenvalue weighted by Crippen LogP contribution is -2.06. The molecule has 4 aromatic rings. The van der Waals surface area contributed by atoms with E-state index < -0.39 is 5.97 Å². The predicted octanol–water partition coefficient (Wildman–Crippen LogP) is 4.90. The molecule has 0 aliphatic heterocycles. The molecule has 0 unspecified atom stereocenters. The summed E-state index contributed by atoms with van der Waals surface area (Å²) < 4.78 is 16.6. The fourth-order valence-electron chi connectivity index (χ4n) is 2.51. The Balaban J connectivity index is 1.87. The van der Waals surface area contributed by atoms with E-state index in [4.69, 9.17) is 13.6 Å². The highest BCUT2D eigenvalue weighted by molar-refractivity contribution is 7.13. The fourth-order valence-corrected chi connectivity index (χ4v) is 3.22. The Morgan fingerprint density at radius 1 is 1.15 bits per heavy atom. The summed E-state index contributed by atoms with van der Waals surface area (Å²) in [6.45, 7) is 1.98. The van der Waals surface area contributed by atoms with E-state index in [1.807, 2.05) is 47.8 Å². The van der Waals surface area contributed by atoms with Crippen LogP contribution in [0.15, 0.2) is 63.1 Å². The number of carbonyl (C=O) groups excluding carboxylic acids is 1. The van der Waals surface area contributed by atoms with Crippen LogP contribution >= 0.6 is 11.3 Å². The van der Waals surface area contributed by atoms with Crippen LogP contribution < -0.4 is 0 Å². The maximum atomic E-state index is 12.2. The van der Waals surface area contributed by atoms with Gasteiger partial charge in [-0.3, -0.25) is 0 Å². The number of carbonyl (C=O) groups is 1. The average molecular weight is 366 g/mol. The summed E-state index contributed by atoms with van der Waals surface area (Å²) >= 11 is 1.51. The molecule has 6 nitrogen and oxygen atoms in total. The van der Waals surface area contributed by atoms with Crippen molar-refractivity contribution in [2.45, 2.75) is 6.92 Å². The van der Waals surface area contributed by atoms with E-state index in [9.17, 15) is 4.79 Å². The van der Waals surface area contributed by atoms with Gasteiger partial charge < -0.3 is 13.6 Å². The Labute approximate surface area is 153 Å². The molecule has 0 aliphatic rings. The van der Waals surface area contributed by atoms with Gasteiger partial charge in [-0.05, 0) is 30.5 Å². The smallest absolute Gasteiger partial charge is 0.361 e. The van der Waals surface area contributed by atoms with E-state index in [1.54, 1.807) is 6.92 Å². The zero-order valence-electron chi connectivity index (χ0n) is 13.8. The van der Waals surface area contributed by atoms with Crippen LogP contribution in [-0.4, -0.2) is 22.5 Å². The molecule has 0 aliphatic carbocycles. The highest BCUT2D eigenvalue weighted by atomic mass is 32.1. The largest absolute Gasteiger partial charge is 0.461 e. The first kappa shape index (κ1) is 16.3. The number of oxazole rings is 2. The van der Waals surface area contributed by atoms with Crippen molar-refractivity contribution < 1.29 is 18.4 Å². The quantitative estimate of drug-likeness (QED) is 0.467. The Morgan fingerprint density at radius 3 is 2.73 bits per heavy atom. The molecule has 3 aromatic heterocycles. The van der Waals surface area contributed by atoms with Gasteiger partial charge in [0.2, 0.25) is 5.89 Å². The zero-order valence-corrected chi connectivity index (χ0v) is 14.7. The summed E-state index contributed by atoms with van der Waals surface area (Å²) in [6.07, 6.45) is 1.21. The molecule has 26 heavy (non-hydrogen) atoms.